The monoisotopic (exact) mass is 361 g/mol. The number of pyridine rings is 1. The Labute approximate surface area is 161 Å². The van der Waals surface area contributed by atoms with Gasteiger partial charge < -0.3 is 4.90 Å². The Bertz CT molecular complexity index is 887. The van der Waals surface area contributed by atoms with Gasteiger partial charge in [0.2, 0.25) is 0 Å². The third-order valence-electron chi connectivity index (χ3n) is 5.36. The van der Waals surface area contributed by atoms with Crippen molar-refractivity contribution in [1.29, 1.82) is 0 Å². The zero-order chi connectivity index (χ0) is 18.6. The van der Waals surface area contributed by atoms with Crippen LogP contribution in [-0.4, -0.2) is 58.0 Å². The van der Waals surface area contributed by atoms with Gasteiger partial charge in [-0.05, 0) is 37.3 Å². The van der Waals surface area contributed by atoms with Crippen LogP contribution in [0.1, 0.15) is 17.0 Å². The summed E-state index contributed by atoms with van der Waals surface area (Å²) in [7, 11) is 2.23. The highest BCUT2D eigenvalue weighted by Crippen LogP contribution is 2.22. The molecule has 1 aliphatic heterocycles. The second-order valence-corrected chi connectivity index (χ2v) is 7.74. The number of hydrogen-bond acceptors (Lipinski definition) is 5. The van der Waals surface area contributed by atoms with Gasteiger partial charge >= 0.3 is 0 Å². The van der Waals surface area contributed by atoms with E-state index in [1.807, 2.05) is 31.7 Å². The van der Waals surface area contributed by atoms with Crippen LogP contribution in [0.2, 0.25) is 0 Å². The summed E-state index contributed by atoms with van der Waals surface area (Å²) < 4.78 is 0. The zero-order valence-electron chi connectivity index (χ0n) is 16.2. The second-order valence-electron chi connectivity index (χ2n) is 7.74. The molecule has 1 aromatic carbocycles. The van der Waals surface area contributed by atoms with Crippen LogP contribution in [-0.2, 0) is 13.0 Å². The second kappa shape index (κ2) is 8.11. The maximum absolute atomic E-state index is 4.54. The van der Waals surface area contributed by atoms with Crippen molar-refractivity contribution in [2.45, 2.75) is 19.9 Å². The summed E-state index contributed by atoms with van der Waals surface area (Å²) in [4.78, 5) is 18.4. The molecule has 0 radical (unpaired) electrons. The van der Waals surface area contributed by atoms with Crippen LogP contribution in [0.15, 0.2) is 49.1 Å². The van der Waals surface area contributed by atoms with E-state index in [-0.39, 0.29) is 0 Å². The molecular weight excluding hydrogens is 334 g/mol. The smallest absolute Gasteiger partial charge is 0.0727 e. The summed E-state index contributed by atoms with van der Waals surface area (Å²) in [6.45, 7) is 7.18. The van der Waals surface area contributed by atoms with E-state index in [1.54, 1.807) is 0 Å². The first-order valence-electron chi connectivity index (χ1n) is 9.67. The fourth-order valence-corrected chi connectivity index (χ4v) is 4.01. The molecule has 3 heterocycles. The van der Waals surface area contributed by atoms with Gasteiger partial charge in [-0.25, -0.2) is 0 Å². The van der Waals surface area contributed by atoms with Gasteiger partial charge in [0.15, 0.2) is 0 Å². The van der Waals surface area contributed by atoms with Gasteiger partial charge in [-0.15, -0.1) is 0 Å². The van der Waals surface area contributed by atoms with Crippen molar-refractivity contribution >= 4 is 10.8 Å². The molecule has 4 rings (SSSR count). The fraction of sp³-hybridized carbons (Fsp3) is 0.409. The van der Waals surface area contributed by atoms with Crippen LogP contribution in [0.25, 0.3) is 10.8 Å². The highest BCUT2D eigenvalue weighted by molar-refractivity contribution is 5.84. The lowest BCUT2D eigenvalue weighted by atomic mass is 9.96. The quantitative estimate of drug-likeness (QED) is 0.715. The predicted molar refractivity (Wildman–Crippen MR) is 108 cm³/mol. The van der Waals surface area contributed by atoms with E-state index in [4.69, 9.17) is 0 Å². The van der Waals surface area contributed by atoms with E-state index >= 15 is 0 Å². The number of hydrogen-bond donors (Lipinski definition) is 0. The Hall–Kier alpha value is -2.37. The van der Waals surface area contributed by atoms with Crippen molar-refractivity contribution in [3.8, 4) is 0 Å². The summed E-state index contributed by atoms with van der Waals surface area (Å²) in [5.41, 5.74) is 3.37. The minimum absolute atomic E-state index is 0.573. The number of likely N-dealkylation sites (N-methyl/N-ethyl adjacent to an activating group) is 1. The molecule has 5 heteroatoms. The minimum atomic E-state index is 0.573. The van der Waals surface area contributed by atoms with Crippen molar-refractivity contribution in [1.82, 2.24) is 24.8 Å². The number of aryl methyl sites for hydroxylation is 1. The number of nitrogens with zero attached hydrogens (tertiary/aromatic N) is 5. The standard InChI is InChI=1S/C22H27N5/c1-17-10-25-21(13-24-17)16-27-8-7-26(2)14-18(15-27)9-20-12-23-11-19-5-3-4-6-22(19)20/h3-6,10-13,18H,7-9,14-16H2,1-2H3/t18-/m1/s1. The molecule has 0 bridgehead atoms. The van der Waals surface area contributed by atoms with Crippen molar-refractivity contribution in [2.75, 3.05) is 33.2 Å². The summed E-state index contributed by atoms with van der Waals surface area (Å²) in [6.07, 6.45) is 8.82. The van der Waals surface area contributed by atoms with Crippen LogP contribution in [0.4, 0.5) is 0 Å². The molecule has 1 atom stereocenters. The van der Waals surface area contributed by atoms with Gasteiger partial charge in [-0.3, -0.25) is 19.9 Å². The normalized spacial score (nSPS) is 19.3. The largest absolute Gasteiger partial charge is 0.305 e. The molecule has 1 fully saturated rings. The number of rotatable bonds is 4. The summed E-state index contributed by atoms with van der Waals surface area (Å²) >= 11 is 0. The van der Waals surface area contributed by atoms with Gasteiger partial charge in [0.25, 0.3) is 0 Å². The van der Waals surface area contributed by atoms with Crippen LogP contribution in [0, 0.1) is 12.8 Å². The van der Waals surface area contributed by atoms with Crippen LogP contribution < -0.4 is 0 Å². The molecule has 1 aliphatic rings. The van der Waals surface area contributed by atoms with Gasteiger partial charge in [-0.1, -0.05) is 24.3 Å². The Balaban J connectivity index is 1.51. The zero-order valence-corrected chi connectivity index (χ0v) is 16.2. The molecule has 0 N–H and O–H groups in total. The molecule has 27 heavy (non-hydrogen) atoms. The third-order valence-corrected chi connectivity index (χ3v) is 5.36. The van der Waals surface area contributed by atoms with Gasteiger partial charge in [0.05, 0.1) is 11.4 Å². The molecule has 0 unspecified atom stereocenters. The van der Waals surface area contributed by atoms with E-state index in [0.29, 0.717) is 5.92 Å². The van der Waals surface area contributed by atoms with Crippen molar-refractivity contribution in [3.05, 3.63) is 66.0 Å². The van der Waals surface area contributed by atoms with Gasteiger partial charge in [-0.2, -0.15) is 0 Å². The highest BCUT2D eigenvalue weighted by Gasteiger charge is 2.22. The molecule has 140 valence electrons. The Kier molecular flexibility index (Phi) is 5.41. The van der Waals surface area contributed by atoms with Crippen molar-refractivity contribution in [2.24, 2.45) is 5.92 Å². The molecule has 1 saturated heterocycles. The molecule has 0 amide bonds. The maximum atomic E-state index is 4.54. The topological polar surface area (TPSA) is 45.2 Å². The Morgan fingerprint density at radius 2 is 1.89 bits per heavy atom. The maximum Gasteiger partial charge on any atom is 0.0727 e. The molecule has 0 saturated carbocycles. The van der Waals surface area contributed by atoms with E-state index in [9.17, 15) is 0 Å². The number of fused-ring (bicyclic) bond motifs is 1. The minimum Gasteiger partial charge on any atom is -0.305 e. The lowest BCUT2D eigenvalue weighted by molar-refractivity contribution is 0.246. The van der Waals surface area contributed by atoms with E-state index < -0.39 is 0 Å². The molecule has 5 nitrogen and oxygen atoms in total. The first-order valence-corrected chi connectivity index (χ1v) is 9.67. The summed E-state index contributed by atoms with van der Waals surface area (Å²) in [6, 6.07) is 8.56. The Morgan fingerprint density at radius 1 is 1.00 bits per heavy atom. The van der Waals surface area contributed by atoms with Crippen molar-refractivity contribution in [3.63, 3.8) is 0 Å². The molecular formula is C22H27N5. The van der Waals surface area contributed by atoms with Gasteiger partial charge in [0.1, 0.15) is 0 Å². The van der Waals surface area contributed by atoms with Gasteiger partial charge in [0, 0.05) is 62.9 Å². The summed E-state index contributed by atoms with van der Waals surface area (Å²) in [5, 5.41) is 2.55. The van der Waals surface area contributed by atoms with E-state index in [2.05, 4.69) is 56.1 Å². The first kappa shape index (κ1) is 18.0. The molecule has 0 aliphatic carbocycles. The lowest BCUT2D eigenvalue weighted by Gasteiger charge is -2.24. The average Bonchev–Trinajstić information content (AvgIpc) is 2.85. The molecule has 3 aromatic rings. The molecule has 2 aromatic heterocycles. The van der Waals surface area contributed by atoms with Crippen LogP contribution >= 0.6 is 0 Å². The number of aromatic nitrogens is 3. The Morgan fingerprint density at radius 3 is 2.74 bits per heavy atom. The van der Waals surface area contributed by atoms with Crippen molar-refractivity contribution < 1.29 is 0 Å². The SMILES string of the molecule is Cc1cnc(CN2CCN(C)C[C@@H](Cc3cncc4ccccc34)C2)cn1. The number of benzene rings is 1. The molecule has 0 spiro atoms. The third kappa shape index (κ3) is 4.49. The first-order chi connectivity index (χ1) is 13.2. The fourth-order valence-electron chi connectivity index (χ4n) is 4.01. The van der Waals surface area contributed by atoms with E-state index in [0.717, 1.165) is 50.5 Å². The average molecular weight is 361 g/mol. The summed E-state index contributed by atoms with van der Waals surface area (Å²) in [5.74, 6) is 0.573. The predicted octanol–water partition coefficient (Wildman–Crippen LogP) is 2.94. The van der Waals surface area contributed by atoms with E-state index in [1.165, 1.54) is 16.3 Å². The highest BCUT2D eigenvalue weighted by atomic mass is 15.2. The lowest BCUT2D eigenvalue weighted by Crippen LogP contribution is -2.31. The van der Waals surface area contributed by atoms with Crippen LogP contribution in [0.3, 0.4) is 0 Å². The van der Waals surface area contributed by atoms with Crippen LogP contribution in [0.5, 0.6) is 0 Å².